The van der Waals surface area contributed by atoms with E-state index in [1.165, 1.54) is 19.3 Å². The largest absolute Gasteiger partial charge is 0.358 e. The number of hydrogen-bond donors (Lipinski definition) is 0. The Labute approximate surface area is 129 Å². The van der Waals surface area contributed by atoms with Gasteiger partial charge in [-0.25, -0.2) is 4.57 Å². The Balaban J connectivity index is 1.73. The number of fused-ring (bicyclic) bond motifs is 1. The second kappa shape index (κ2) is 4.12. The molecule has 4 aliphatic carbocycles. The van der Waals surface area contributed by atoms with Crippen molar-refractivity contribution < 1.29 is 4.92 Å². The van der Waals surface area contributed by atoms with Gasteiger partial charge in [-0.3, -0.25) is 0 Å². The van der Waals surface area contributed by atoms with Crippen molar-refractivity contribution in [3.63, 3.8) is 0 Å². The molecule has 4 saturated carbocycles. The van der Waals surface area contributed by atoms with Crippen molar-refractivity contribution in [2.45, 2.75) is 44.1 Å². The standard InChI is InChI=1S/C18H20N2O2/c21-20(22)17-16-4-2-1-3-15(16)11-19(17)18-8-12-5-13(9-18)7-14(6-12)10-18/h1-4,11-14H,5-10H2. The third-order valence-electron chi connectivity index (χ3n) is 6.39. The van der Waals surface area contributed by atoms with E-state index in [4.69, 9.17) is 0 Å². The van der Waals surface area contributed by atoms with Crippen LogP contribution in [0.15, 0.2) is 30.5 Å². The fourth-order valence-electron chi connectivity index (χ4n) is 6.05. The van der Waals surface area contributed by atoms with Crippen LogP contribution in [0, 0.1) is 27.9 Å². The highest BCUT2D eigenvalue weighted by atomic mass is 16.6. The Bertz CT molecular complexity index is 741. The molecule has 6 rings (SSSR count). The van der Waals surface area contributed by atoms with Gasteiger partial charge in [0.05, 0.1) is 11.6 Å². The van der Waals surface area contributed by atoms with Gasteiger partial charge in [-0.2, -0.15) is 0 Å². The second-order valence-electron chi connectivity index (χ2n) is 7.81. The molecule has 0 N–H and O–H groups in total. The van der Waals surface area contributed by atoms with E-state index in [0.29, 0.717) is 5.82 Å². The first-order valence-corrected chi connectivity index (χ1v) is 8.40. The molecule has 22 heavy (non-hydrogen) atoms. The average Bonchev–Trinajstić information content (AvgIpc) is 2.86. The molecule has 1 heterocycles. The minimum atomic E-state index is -0.166. The van der Waals surface area contributed by atoms with Crippen LogP contribution >= 0.6 is 0 Å². The van der Waals surface area contributed by atoms with Crippen LogP contribution in [-0.2, 0) is 5.54 Å². The summed E-state index contributed by atoms with van der Waals surface area (Å²) in [5, 5.41) is 13.6. The van der Waals surface area contributed by atoms with E-state index in [1.807, 2.05) is 24.3 Å². The molecule has 2 aromatic rings. The predicted octanol–water partition coefficient (Wildman–Crippen LogP) is 4.47. The van der Waals surface area contributed by atoms with Crippen LogP contribution in [0.2, 0.25) is 0 Å². The van der Waals surface area contributed by atoms with Crippen molar-refractivity contribution in [2.75, 3.05) is 0 Å². The van der Waals surface area contributed by atoms with Crippen molar-refractivity contribution in [1.82, 2.24) is 4.57 Å². The van der Waals surface area contributed by atoms with E-state index in [9.17, 15) is 10.1 Å². The number of hydrogen-bond acceptors (Lipinski definition) is 2. The molecule has 4 fully saturated rings. The first-order chi connectivity index (χ1) is 10.6. The zero-order valence-corrected chi connectivity index (χ0v) is 12.6. The molecule has 0 amide bonds. The Kier molecular flexibility index (Phi) is 2.37. The fourth-order valence-corrected chi connectivity index (χ4v) is 6.05. The molecule has 4 aliphatic rings. The van der Waals surface area contributed by atoms with Crippen LogP contribution in [0.25, 0.3) is 10.8 Å². The van der Waals surface area contributed by atoms with Crippen molar-refractivity contribution in [3.05, 3.63) is 40.6 Å². The lowest BCUT2D eigenvalue weighted by molar-refractivity contribution is -0.392. The topological polar surface area (TPSA) is 48.1 Å². The van der Waals surface area contributed by atoms with Gasteiger partial charge in [-0.15, -0.1) is 0 Å². The Morgan fingerprint density at radius 3 is 2.23 bits per heavy atom. The zero-order valence-electron chi connectivity index (χ0n) is 12.6. The predicted molar refractivity (Wildman–Crippen MR) is 84.7 cm³/mol. The smallest absolute Gasteiger partial charge is 0.331 e. The average molecular weight is 296 g/mol. The van der Waals surface area contributed by atoms with Crippen LogP contribution in [-0.4, -0.2) is 9.49 Å². The summed E-state index contributed by atoms with van der Waals surface area (Å²) in [5.74, 6) is 2.68. The molecule has 0 saturated heterocycles. The number of aromatic nitrogens is 1. The Hall–Kier alpha value is -1.84. The minimum Gasteiger partial charge on any atom is -0.358 e. The first kappa shape index (κ1) is 12.7. The highest BCUT2D eigenvalue weighted by Crippen LogP contribution is 2.60. The quantitative estimate of drug-likeness (QED) is 0.606. The minimum absolute atomic E-state index is 0.0101. The van der Waals surface area contributed by atoms with Gasteiger partial charge in [0.15, 0.2) is 0 Å². The molecule has 4 bridgehead atoms. The molecule has 0 aliphatic heterocycles. The lowest BCUT2D eigenvalue weighted by Crippen LogP contribution is -2.51. The van der Waals surface area contributed by atoms with E-state index in [0.717, 1.165) is 47.8 Å². The van der Waals surface area contributed by atoms with Crippen molar-refractivity contribution in [1.29, 1.82) is 0 Å². The molecule has 4 nitrogen and oxygen atoms in total. The van der Waals surface area contributed by atoms with E-state index in [2.05, 4.69) is 10.8 Å². The molecule has 1 aromatic heterocycles. The van der Waals surface area contributed by atoms with E-state index in [1.54, 1.807) is 0 Å². The monoisotopic (exact) mass is 296 g/mol. The van der Waals surface area contributed by atoms with Crippen LogP contribution in [0.1, 0.15) is 38.5 Å². The van der Waals surface area contributed by atoms with Crippen molar-refractivity contribution in [3.8, 4) is 0 Å². The summed E-state index contributed by atoms with van der Waals surface area (Å²) in [6.45, 7) is 0. The summed E-state index contributed by atoms with van der Waals surface area (Å²) in [5.41, 5.74) is 0.0101. The molecular weight excluding hydrogens is 276 g/mol. The number of nitrogens with zero attached hydrogens (tertiary/aromatic N) is 2. The summed E-state index contributed by atoms with van der Waals surface area (Å²) in [6, 6.07) is 7.76. The van der Waals surface area contributed by atoms with Crippen molar-refractivity contribution >= 4 is 16.6 Å². The summed E-state index contributed by atoms with van der Waals surface area (Å²) in [7, 11) is 0. The van der Waals surface area contributed by atoms with Gasteiger partial charge < -0.3 is 10.1 Å². The van der Waals surface area contributed by atoms with Gasteiger partial charge >= 0.3 is 5.82 Å². The van der Waals surface area contributed by atoms with Crippen LogP contribution in [0.3, 0.4) is 0 Å². The van der Waals surface area contributed by atoms with E-state index < -0.39 is 0 Å². The zero-order chi connectivity index (χ0) is 14.9. The van der Waals surface area contributed by atoms with Gasteiger partial charge in [-0.05, 0) is 67.3 Å². The van der Waals surface area contributed by atoms with Crippen LogP contribution < -0.4 is 0 Å². The SMILES string of the molecule is O=[N+]([O-])c1c2ccccc2cn1C12CC3CC(CC(C3)C1)C2. The molecule has 1 aromatic carbocycles. The third-order valence-corrected chi connectivity index (χ3v) is 6.39. The third kappa shape index (κ3) is 1.58. The highest BCUT2D eigenvalue weighted by Gasteiger charge is 2.55. The van der Waals surface area contributed by atoms with Crippen LogP contribution in [0.4, 0.5) is 5.82 Å². The van der Waals surface area contributed by atoms with Crippen LogP contribution in [0.5, 0.6) is 0 Å². The lowest BCUT2D eigenvalue weighted by Gasteiger charge is -2.54. The van der Waals surface area contributed by atoms with E-state index >= 15 is 0 Å². The summed E-state index contributed by atoms with van der Waals surface area (Å²) in [6.07, 6.45) is 9.54. The maximum Gasteiger partial charge on any atom is 0.331 e. The molecule has 114 valence electrons. The fraction of sp³-hybridized carbons (Fsp3) is 0.556. The van der Waals surface area contributed by atoms with Crippen molar-refractivity contribution in [2.24, 2.45) is 17.8 Å². The number of rotatable bonds is 2. The Morgan fingerprint density at radius 2 is 1.64 bits per heavy atom. The number of benzene rings is 1. The first-order valence-electron chi connectivity index (χ1n) is 8.40. The van der Waals surface area contributed by atoms with Gasteiger partial charge in [0, 0.05) is 5.39 Å². The molecule has 0 spiro atoms. The highest BCUT2D eigenvalue weighted by molar-refractivity contribution is 5.90. The molecule has 0 radical (unpaired) electrons. The normalized spacial score (nSPS) is 36.1. The molecular formula is C18H20N2O2. The summed E-state index contributed by atoms with van der Waals surface area (Å²) in [4.78, 5) is 11.6. The maximum atomic E-state index is 11.8. The molecule has 4 heteroatoms. The molecule has 0 atom stereocenters. The number of nitro groups is 1. The van der Waals surface area contributed by atoms with Gasteiger partial charge in [-0.1, -0.05) is 18.2 Å². The van der Waals surface area contributed by atoms with Gasteiger partial charge in [0.2, 0.25) is 0 Å². The van der Waals surface area contributed by atoms with E-state index in [-0.39, 0.29) is 10.5 Å². The summed E-state index contributed by atoms with van der Waals surface area (Å²) >= 11 is 0. The Morgan fingerprint density at radius 1 is 1.05 bits per heavy atom. The van der Waals surface area contributed by atoms with Gasteiger partial charge in [0.1, 0.15) is 5.54 Å². The summed E-state index contributed by atoms with van der Waals surface area (Å²) < 4.78 is 2.07. The maximum absolute atomic E-state index is 11.8. The van der Waals surface area contributed by atoms with Gasteiger partial charge in [0.25, 0.3) is 0 Å². The second-order valence-corrected chi connectivity index (χ2v) is 7.81. The lowest BCUT2D eigenvalue weighted by atomic mass is 9.53. The molecule has 0 unspecified atom stereocenters.